The van der Waals surface area contributed by atoms with E-state index in [9.17, 15) is 0 Å². The zero-order chi connectivity index (χ0) is 13.0. The first-order valence-electron chi connectivity index (χ1n) is 6.02. The van der Waals surface area contributed by atoms with Crippen LogP contribution in [0.2, 0.25) is 0 Å². The number of nitrogens with one attached hydrogen (secondary N) is 1. The van der Waals surface area contributed by atoms with Gasteiger partial charge in [-0.2, -0.15) is 0 Å². The molecule has 3 heteroatoms. The van der Waals surface area contributed by atoms with E-state index in [0.717, 1.165) is 17.6 Å². The van der Waals surface area contributed by atoms with Gasteiger partial charge in [0.05, 0.1) is 0 Å². The van der Waals surface area contributed by atoms with Gasteiger partial charge >= 0.3 is 0 Å². The second kappa shape index (κ2) is 6.12. The lowest BCUT2D eigenvalue weighted by atomic mass is 10.1. The van der Waals surface area contributed by atoms with Crippen LogP contribution in [0.25, 0.3) is 0 Å². The lowest BCUT2D eigenvalue weighted by Crippen LogP contribution is -2.13. The molecule has 0 bridgehead atoms. The minimum Gasteiger partial charge on any atom is -0.309 e. The first-order chi connectivity index (χ1) is 8.66. The summed E-state index contributed by atoms with van der Waals surface area (Å²) in [6.07, 6.45) is 3.76. The van der Waals surface area contributed by atoms with E-state index in [-0.39, 0.29) is 0 Å². The Labute approximate surface area is 117 Å². The van der Waals surface area contributed by atoms with Crippen molar-refractivity contribution in [1.82, 2.24) is 10.3 Å². The summed E-state index contributed by atoms with van der Waals surface area (Å²) in [5.74, 6) is 0. The third kappa shape index (κ3) is 3.40. The Morgan fingerprint density at radius 1 is 1.11 bits per heavy atom. The van der Waals surface area contributed by atoms with E-state index >= 15 is 0 Å². The Kier molecular flexibility index (Phi) is 4.50. The van der Waals surface area contributed by atoms with E-state index < -0.39 is 0 Å². The van der Waals surface area contributed by atoms with Crippen molar-refractivity contribution >= 4 is 15.9 Å². The SMILES string of the molecule is Cc1cc(CNCc2cnccc2C)ccc1Br. The fourth-order valence-corrected chi connectivity index (χ4v) is 2.09. The summed E-state index contributed by atoms with van der Waals surface area (Å²) < 4.78 is 1.16. The number of pyridine rings is 1. The summed E-state index contributed by atoms with van der Waals surface area (Å²) >= 11 is 3.52. The number of benzene rings is 1. The van der Waals surface area contributed by atoms with Gasteiger partial charge in [-0.3, -0.25) is 4.98 Å². The minimum absolute atomic E-state index is 0.856. The summed E-state index contributed by atoms with van der Waals surface area (Å²) in [5, 5.41) is 3.45. The first kappa shape index (κ1) is 13.2. The lowest BCUT2D eigenvalue weighted by Gasteiger charge is -2.08. The molecule has 0 saturated heterocycles. The molecule has 0 aliphatic carbocycles. The number of aryl methyl sites for hydroxylation is 2. The predicted octanol–water partition coefficient (Wildman–Crippen LogP) is 3.75. The van der Waals surface area contributed by atoms with Crippen LogP contribution in [0.4, 0.5) is 0 Å². The highest BCUT2D eigenvalue weighted by Gasteiger charge is 1.99. The van der Waals surface area contributed by atoms with Crippen molar-refractivity contribution < 1.29 is 0 Å². The summed E-state index contributed by atoms with van der Waals surface area (Å²) in [6.45, 7) is 5.96. The topological polar surface area (TPSA) is 24.9 Å². The highest BCUT2D eigenvalue weighted by molar-refractivity contribution is 9.10. The van der Waals surface area contributed by atoms with E-state index in [1.54, 1.807) is 0 Å². The highest BCUT2D eigenvalue weighted by atomic mass is 79.9. The molecule has 1 heterocycles. The van der Waals surface area contributed by atoms with Crippen molar-refractivity contribution in [1.29, 1.82) is 0 Å². The van der Waals surface area contributed by atoms with E-state index in [2.05, 4.69) is 58.3 Å². The third-order valence-corrected chi connectivity index (χ3v) is 3.90. The van der Waals surface area contributed by atoms with Crippen molar-refractivity contribution in [3.05, 3.63) is 63.4 Å². The second-order valence-corrected chi connectivity index (χ2v) is 5.34. The van der Waals surface area contributed by atoms with Crippen LogP contribution in [0.1, 0.15) is 22.3 Å². The third-order valence-electron chi connectivity index (χ3n) is 3.01. The number of hydrogen-bond donors (Lipinski definition) is 1. The first-order valence-corrected chi connectivity index (χ1v) is 6.81. The van der Waals surface area contributed by atoms with Gasteiger partial charge in [-0.05, 0) is 48.2 Å². The van der Waals surface area contributed by atoms with Crippen molar-refractivity contribution in [3.8, 4) is 0 Å². The van der Waals surface area contributed by atoms with Gasteiger partial charge in [0.1, 0.15) is 0 Å². The average molecular weight is 305 g/mol. The maximum Gasteiger partial charge on any atom is 0.0315 e. The number of rotatable bonds is 4. The van der Waals surface area contributed by atoms with Crippen LogP contribution in [0.3, 0.4) is 0 Å². The predicted molar refractivity (Wildman–Crippen MR) is 78.4 cm³/mol. The van der Waals surface area contributed by atoms with Gasteiger partial charge < -0.3 is 5.32 Å². The monoisotopic (exact) mass is 304 g/mol. The summed E-state index contributed by atoms with van der Waals surface area (Å²) in [4.78, 5) is 4.15. The van der Waals surface area contributed by atoms with E-state index in [0.29, 0.717) is 0 Å². The summed E-state index contributed by atoms with van der Waals surface area (Å²) in [5.41, 5.74) is 5.11. The van der Waals surface area contributed by atoms with Gasteiger partial charge in [0.15, 0.2) is 0 Å². The summed E-state index contributed by atoms with van der Waals surface area (Å²) in [6, 6.07) is 8.48. The van der Waals surface area contributed by atoms with Crippen LogP contribution in [0, 0.1) is 13.8 Å². The molecular weight excluding hydrogens is 288 g/mol. The molecule has 0 amide bonds. The van der Waals surface area contributed by atoms with Gasteiger partial charge in [-0.1, -0.05) is 28.1 Å². The molecule has 1 aromatic heterocycles. The van der Waals surface area contributed by atoms with Crippen molar-refractivity contribution in [2.75, 3.05) is 0 Å². The molecule has 0 unspecified atom stereocenters. The van der Waals surface area contributed by atoms with Gasteiger partial charge in [0, 0.05) is 30.0 Å². The molecule has 1 aromatic carbocycles. The average Bonchev–Trinajstić information content (AvgIpc) is 2.36. The van der Waals surface area contributed by atoms with Crippen molar-refractivity contribution in [2.45, 2.75) is 26.9 Å². The van der Waals surface area contributed by atoms with Crippen LogP contribution in [-0.2, 0) is 13.1 Å². The molecule has 2 nitrogen and oxygen atoms in total. The standard InChI is InChI=1S/C15H17BrN2/c1-11-5-6-17-9-14(11)10-18-8-13-3-4-15(16)12(2)7-13/h3-7,9,18H,8,10H2,1-2H3. The normalized spacial score (nSPS) is 10.6. The summed E-state index contributed by atoms with van der Waals surface area (Å²) in [7, 11) is 0. The van der Waals surface area contributed by atoms with Crippen LogP contribution < -0.4 is 5.32 Å². The van der Waals surface area contributed by atoms with Crippen molar-refractivity contribution in [2.24, 2.45) is 0 Å². The smallest absolute Gasteiger partial charge is 0.0315 e. The molecule has 0 radical (unpaired) electrons. The highest BCUT2D eigenvalue weighted by Crippen LogP contribution is 2.17. The number of nitrogens with zero attached hydrogens (tertiary/aromatic N) is 1. The molecule has 0 atom stereocenters. The Morgan fingerprint density at radius 2 is 1.94 bits per heavy atom. The zero-order valence-electron chi connectivity index (χ0n) is 10.7. The van der Waals surface area contributed by atoms with Crippen molar-refractivity contribution in [3.63, 3.8) is 0 Å². The van der Waals surface area contributed by atoms with E-state index in [1.165, 1.54) is 22.3 Å². The molecule has 0 aliphatic heterocycles. The molecule has 0 saturated carbocycles. The van der Waals surface area contributed by atoms with E-state index in [1.807, 2.05) is 18.5 Å². The maximum atomic E-state index is 4.15. The Morgan fingerprint density at radius 3 is 2.67 bits per heavy atom. The number of aromatic nitrogens is 1. The fourth-order valence-electron chi connectivity index (χ4n) is 1.84. The van der Waals surface area contributed by atoms with Gasteiger partial charge in [0.2, 0.25) is 0 Å². The molecule has 2 aromatic rings. The molecule has 0 aliphatic rings. The Hall–Kier alpha value is -1.19. The largest absolute Gasteiger partial charge is 0.309 e. The van der Waals surface area contributed by atoms with Gasteiger partial charge in [-0.15, -0.1) is 0 Å². The zero-order valence-corrected chi connectivity index (χ0v) is 12.3. The molecule has 0 fully saturated rings. The molecule has 0 spiro atoms. The molecule has 94 valence electrons. The molecule has 18 heavy (non-hydrogen) atoms. The minimum atomic E-state index is 0.856. The van der Waals surface area contributed by atoms with Crippen LogP contribution in [0.5, 0.6) is 0 Å². The lowest BCUT2D eigenvalue weighted by molar-refractivity contribution is 0.688. The maximum absolute atomic E-state index is 4.15. The quantitative estimate of drug-likeness (QED) is 0.930. The Bertz CT molecular complexity index is 538. The molecular formula is C15H17BrN2. The van der Waals surface area contributed by atoms with E-state index in [4.69, 9.17) is 0 Å². The molecule has 1 N–H and O–H groups in total. The number of halogens is 1. The molecule has 2 rings (SSSR count). The van der Waals surface area contributed by atoms with Crippen LogP contribution in [-0.4, -0.2) is 4.98 Å². The van der Waals surface area contributed by atoms with Crippen LogP contribution in [0.15, 0.2) is 41.1 Å². The van der Waals surface area contributed by atoms with Crippen LogP contribution >= 0.6 is 15.9 Å². The van der Waals surface area contributed by atoms with Gasteiger partial charge in [-0.25, -0.2) is 0 Å². The van der Waals surface area contributed by atoms with Gasteiger partial charge in [0.25, 0.3) is 0 Å². The fraction of sp³-hybridized carbons (Fsp3) is 0.267. The second-order valence-electron chi connectivity index (χ2n) is 4.49. The Balaban J connectivity index is 1.92. The number of hydrogen-bond acceptors (Lipinski definition) is 2.